The van der Waals surface area contributed by atoms with Crippen LogP contribution in [0.15, 0.2) is 53.0 Å². The summed E-state index contributed by atoms with van der Waals surface area (Å²) in [6.07, 6.45) is 4.36. The molecule has 2 aromatic rings. The number of hydrogen-bond donors (Lipinski definition) is 1. The zero-order chi connectivity index (χ0) is 16.2. The van der Waals surface area contributed by atoms with E-state index in [9.17, 15) is 9.59 Å². The van der Waals surface area contributed by atoms with Crippen LogP contribution in [0.1, 0.15) is 52.0 Å². The summed E-state index contributed by atoms with van der Waals surface area (Å²) in [5.74, 6) is -0.285. The van der Waals surface area contributed by atoms with E-state index in [0.29, 0.717) is 16.7 Å². The van der Waals surface area contributed by atoms with Crippen molar-refractivity contribution in [3.05, 3.63) is 69.7 Å². The zero-order valence-corrected chi connectivity index (χ0v) is 14.3. The lowest BCUT2D eigenvalue weighted by Gasteiger charge is -2.14. The number of nitrogens with one attached hydrogen (secondary N) is 1. The number of ketones is 1. The highest BCUT2D eigenvalue weighted by Crippen LogP contribution is 2.20. The van der Waals surface area contributed by atoms with E-state index in [1.54, 1.807) is 36.4 Å². The Bertz CT molecular complexity index is 718. The van der Waals surface area contributed by atoms with Crippen molar-refractivity contribution in [3.8, 4) is 0 Å². The van der Waals surface area contributed by atoms with Crippen LogP contribution in [-0.4, -0.2) is 17.7 Å². The van der Waals surface area contributed by atoms with Gasteiger partial charge in [0.05, 0.1) is 5.56 Å². The van der Waals surface area contributed by atoms with Gasteiger partial charge in [-0.25, -0.2) is 0 Å². The smallest absolute Gasteiger partial charge is 0.252 e. The second-order valence-corrected chi connectivity index (χ2v) is 6.75. The van der Waals surface area contributed by atoms with Gasteiger partial charge in [0.2, 0.25) is 0 Å². The molecule has 3 nitrogen and oxygen atoms in total. The first-order valence-electron chi connectivity index (χ1n) is 7.85. The fourth-order valence-corrected chi connectivity index (χ4v) is 3.23. The van der Waals surface area contributed by atoms with Crippen LogP contribution in [-0.2, 0) is 0 Å². The van der Waals surface area contributed by atoms with Crippen molar-refractivity contribution in [2.45, 2.75) is 31.7 Å². The number of carbonyl (C=O) groups excluding carboxylic acids is 2. The third-order valence-electron chi connectivity index (χ3n) is 4.21. The fourth-order valence-electron chi connectivity index (χ4n) is 2.97. The number of amides is 1. The van der Waals surface area contributed by atoms with E-state index in [4.69, 9.17) is 0 Å². The van der Waals surface area contributed by atoms with Crippen molar-refractivity contribution < 1.29 is 9.59 Å². The van der Waals surface area contributed by atoms with Gasteiger partial charge in [0.25, 0.3) is 5.91 Å². The van der Waals surface area contributed by atoms with Gasteiger partial charge in [0, 0.05) is 21.6 Å². The summed E-state index contributed by atoms with van der Waals surface area (Å²) in [6.45, 7) is 0. The van der Waals surface area contributed by atoms with E-state index < -0.39 is 0 Å². The summed E-state index contributed by atoms with van der Waals surface area (Å²) in [5, 5.41) is 3.05. The quantitative estimate of drug-likeness (QED) is 0.811. The van der Waals surface area contributed by atoms with Crippen molar-refractivity contribution in [3.63, 3.8) is 0 Å². The first-order chi connectivity index (χ1) is 11.1. The predicted molar refractivity (Wildman–Crippen MR) is 93.7 cm³/mol. The van der Waals surface area contributed by atoms with Crippen molar-refractivity contribution in [2.75, 3.05) is 0 Å². The van der Waals surface area contributed by atoms with Gasteiger partial charge in [0.1, 0.15) is 0 Å². The van der Waals surface area contributed by atoms with Gasteiger partial charge in [-0.3, -0.25) is 9.59 Å². The number of carbonyl (C=O) groups is 2. The highest BCUT2D eigenvalue weighted by Gasteiger charge is 2.22. The molecule has 1 saturated carbocycles. The van der Waals surface area contributed by atoms with Gasteiger partial charge in [0.15, 0.2) is 5.78 Å². The molecule has 118 valence electrons. The van der Waals surface area contributed by atoms with Crippen LogP contribution in [0.2, 0.25) is 0 Å². The second kappa shape index (κ2) is 7.09. The minimum Gasteiger partial charge on any atom is -0.349 e. The highest BCUT2D eigenvalue weighted by molar-refractivity contribution is 9.10. The van der Waals surface area contributed by atoms with Crippen molar-refractivity contribution >= 4 is 27.6 Å². The number of rotatable bonds is 4. The molecule has 1 aliphatic carbocycles. The minimum atomic E-state index is -0.155. The average molecular weight is 372 g/mol. The SMILES string of the molecule is O=C(NC1CCCC1)c1ccccc1C(=O)c1ccc(Br)cc1. The fraction of sp³-hybridized carbons (Fsp3) is 0.263. The van der Waals surface area contributed by atoms with Crippen LogP contribution < -0.4 is 5.32 Å². The molecule has 1 fully saturated rings. The van der Waals surface area contributed by atoms with Gasteiger partial charge in [-0.15, -0.1) is 0 Å². The first-order valence-corrected chi connectivity index (χ1v) is 8.64. The Hall–Kier alpha value is -1.94. The Morgan fingerprint density at radius 2 is 1.52 bits per heavy atom. The van der Waals surface area contributed by atoms with E-state index >= 15 is 0 Å². The summed E-state index contributed by atoms with van der Waals surface area (Å²) in [4.78, 5) is 25.3. The molecule has 1 amide bonds. The van der Waals surface area contributed by atoms with E-state index in [0.717, 1.165) is 30.2 Å². The lowest BCUT2D eigenvalue weighted by molar-refractivity contribution is 0.0927. The molecular weight excluding hydrogens is 354 g/mol. The van der Waals surface area contributed by atoms with Crippen LogP contribution in [0.3, 0.4) is 0 Å². The number of halogens is 1. The third kappa shape index (κ3) is 3.70. The standard InChI is InChI=1S/C19H18BrNO2/c20-14-11-9-13(10-12-14)18(22)16-7-3-4-8-17(16)19(23)21-15-5-1-2-6-15/h3-4,7-12,15H,1-2,5-6H2,(H,21,23). The molecule has 0 heterocycles. The Morgan fingerprint density at radius 1 is 0.913 bits per heavy atom. The summed E-state index contributed by atoms with van der Waals surface area (Å²) < 4.78 is 0.918. The molecule has 2 aromatic carbocycles. The minimum absolute atomic E-state index is 0.130. The molecule has 0 atom stereocenters. The molecule has 3 rings (SSSR count). The maximum Gasteiger partial charge on any atom is 0.252 e. The third-order valence-corrected chi connectivity index (χ3v) is 4.74. The summed E-state index contributed by atoms with van der Waals surface area (Å²) in [7, 11) is 0. The highest BCUT2D eigenvalue weighted by atomic mass is 79.9. The predicted octanol–water partition coefficient (Wildman–Crippen LogP) is 4.35. The molecule has 0 bridgehead atoms. The Labute approximate surface area is 144 Å². The molecule has 1 N–H and O–H groups in total. The Morgan fingerprint density at radius 3 is 2.17 bits per heavy atom. The second-order valence-electron chi connectivity index (χ2n) is 5.84. The van der Waals surface area contributed by atoms with E-state index in [-0.39, 0.29) is 17.7 Å². The molecule has 0 unspecified atom stereocenters. The number of hydrogen-bond acceptors (Lipinski definition) is 2. The largest absolute Gasteiger partial charge is 0.349 e. The monoisotopic (exact) mass is 371 g/mol. The maximum atomic E-state index is 12.7. The van der Waals surface area contributed by atoms with Gasteiger partial charge in [-0.2, -0.15) is 0 Å². The summed E-state index contributed by atoms with van der Waals surface area (Å²) in [6, 6.07) is 14.4. The van der Waals surface area contributed by atoms with Crippen molar-refractivity contribution in [2.24, 2.45) is 0 Å². The molecule has 0 aliphatic heterocycles. The molecule has 0 spiro atoms. The van der Waals surface area contributed by atoms with Crippen LogP contribution in [0, 0.1) is 0 Å². The maximum absolute atomic E-state index is 12.7. The van der Waals surface area contributed by atoms with Gasteiger partial charge in [-0.1, -0.05) is 47.0 Å². The normalized spacial score (nSPS) is 14.7. The molecule has 4 heteroatoms. The molecule has 0 aromatic heterocycles. The van der Waals surface area contributed by atoms with Crippen LogP contribution in [0.25, 0.3) is 0 Å². The van der Waals surface area contributed by atoms with Crippen LogP contribution >= 0.6 is 15.9 Å². The number of benzene rings is 2. The van der Waals surface area contributed by atoms with Crippen molar-refractivity contribution in [1.29, 1.82) is 0 Å². The van der Waals surface area contributed by atoms with E-state index in [1.165, 1.54) is 0 Å². The van der Waals surface area contributed by atoms with Crippen LogP contribution in [0.4, 0.5) is 0 Å². The molecule has 0 radical (unpaired) electrons. The zero-order valence-electron chi connectivity index (χ0n) is 12.7. The van der Waals surface area contributed by atoms with Gasteiger partial charge < -0.3 is 5.32 Å². The van der Waals surface area contributed by atoms with E-state index in [1.807, 2.05) is 12.1 Å². The topological polar surface area (TPSA) is 46.2 Å². The Kier molecular flexibility index (Phi) is 4.91. The molecule has 0 saturated heterocycles. The van der Waals surface area contributed by atoms with Crippen LogP contribution in [0.5, 0.6) is 0 Å². The Balaban J connectivity index is 1.86. The molecule has 1 aliphatic rings. The molecule has 23 heavy (non-hydrogen) atoms. The summed E-state index contributed by atoms with van der Waals surface area (Å²) >= 11 is 3.36. The van der Waals surface area contributed by atoms with Gasteiger partial charge in [-0.05, 0) is 43.2 Å². The lowest BCUT2D eigenvalue weighted by atomic mass is 9.97. The van der Waals surface area contributed by atoms with Crippen molar-refractivity contribution in [1.82, 2.24) is 5.32 Å². The van der Waals surface area contributed by atoms with Gasteiger partial charge >= 0.3 is 0 Å². The first kappa shape index (κ1) is 15.9. The molecular formula is C19H18BrNO2. The lowest BCUT2D eigenvalue weighted by Crippen LogP contribution is -2.33. The average Bonchev–Trinajstić information content (AvgIpc) is 3.08. The van der Waals surface area contributed by atoms with E-state index in [2.05, 4.69) is 21.2 Å². The summed E-state index contributed by atoms with van der Waals surface area (Å²) in [5.41, 5.74) is 1.48.